The quantitative estimate of drug-likeness (QED) is 0.862. The van der Waals surface area contributed by atoms with Crippen LogP contribution in [0.1, 0.15) is 37.4 Å². The van der Waals surface area contributed by atoms with Gasteiger partial charge in [0.1, 0.15) is 11.4 Å². The zero-order valence-corrected chi connectivity index (χ0v) is 12.4. The van der Waals surface area contributed by atoms with E-state index in [-0.39, 0.29) is 5.60 Å². The van der Waals surface area contributed by atoms with Crippen molar-refractivity contribution in [3.8, 4) is 5.75 Å². The second-order valence-electron chi connectivity index (χ2n) is 6.14. The van der Waals surface area contributed by atoms with Gasteiger partial charge in [0.15, 0.2) is 0 Å². The lowest BCUT2D eigenvalue weighted by molar-refractivity contribution is -0.00766. The summed E-state index contributed by atoms with van der Waals surface area (Å²) in [7, 11) is 0. The first kappa shape index (κ1) is 12.2. The lowest BCUT2D eigenvalue weighted by atomic mass is 9.88. The van der Waals surface area contributed by atoms with E-state index in [2.05, 4.69) is 20.8 Å². The third-order valence-electron chi connectivity index (χ3n) is 4.63. The van der Waals surface area contributed by atoms with Crippen molar-refractivity contribution in [3.63, 3.8) is 0 Å². The Bertz CT molecular complexity index is 517. The molecule has 1 aromatic rings. The highest BCUT2D eigenvalue weighted by Crippen LogP contribution is 2.46. The molecule has 0 amide bonds. The molecular weight excluding hydrogens is 306 g/mol. The molecule has 102 valence electrons. The van der Waals surface area contributed by atoms with Crippen LogP contribution in [0.25, 0.3) is 0 Å². The van der Waals surface area contributed by atoms with Crippen LogP contribution in [-0.4, -0.2) is 34.7 Å². The van der Waals surface area contributed by atoms with Gasteiger partial charge in [-0.1, -0.05) is 15.9 Å². The molecule has 4 heteroatoms. The van der Waals surface area contributed by atoms with Crippen molar-refractivity contribution in [2.24, 2.45) is 0 Å². The highest BCUT2D eigenvalue weighted by Gasteiger charge is 2.48. The van der Waals surface area contributed by atoms with Crippen molar-refractivity contribution in [1.29, 1.82) is 0 Å². The molecule has 1 aromatic carbocycles. The zero-order valence-electron chi connectivity index (χ0n) is 10.8. The maximum Gasteiger partial charge on any atom is 0.126 e. The van der Waals surface area contributed by atoms with Gasteiger partial charge >= 0.3 is 0 Å². The molecule has 2 aliphatic heterocycles. The van der Waals surface area contributed by atoms with E-state index in [0.717, 1.165) is 47.8 Å². The van der Waals surface area contributed by atoms with E-state index in [1.807, 2.05) is 18.2 Å². The zero-order chi connectivity index (χ0) is 13.0. The molecular formula is C15H18BrNO2. The van der Waals surface area contributed by atoms with Gasteiger partial charge in [-0.2, -0.15) is 0 Å². The highest BCUT2D eigenvalue weighted by atomic mass is 79.9. The van der Waals surface area contributed by atoms with Crippen molar-refractivity contribution in [2.45, 2.75) is 43.4 Å². The predicted octanol–water partition coefficient (Wildman–Crippen LogP) is 2.87. The molecule has 1 saturated carbocycles. The van der Waals surface area contributed by atoms with Crippen LogP contribution >= 0.6 is 15.9 Å². The Morgan fingerprint density at radius 2 is 2.21 bits per heavy atom. The highest BCUT2D eigenvalue weighted by molar-refractivity contribution is 9.10. The van der Waals surface area contributed by atoms with E-state index in [0.29, 0.717) is 0 Å². The van der Waals surface area contributed by atoms with Crippen molar-refractivity contribution in [3.05, 3.63) is 28.2 Å². The topological polar surface area (TPSA) is 32.7 Å². The van der Waals surface area contributed by atoms with Crippen LogP contribution < -0.4 is 4.74 Å². The summed E-state index contributed by atoms with van der Waals surface area (Å²) in [5.74, 6) is 0.861. The van der Waals surface area contributed by atoms with Crippen LogP contribution in [-0.2, 0) is 0 Å². The van der Waals surface area contributed by atoms with Gasteiger partial charge in [-0.05, 0) is 31.0 Å². The van der Waals surface area contributed by atoms with Gasteiger partial charge in [-0.3, -0.25) is 4.90 Å². The molecule has 2 fully saturated rings. The summed E-state index contributed by atoms with van der Waals surface area (Å²) in [6.45, 7) is 2.09. The Morgan fingerprint density at radius 1 is 1.37 bits per heavy atom. The molecule has 0 radical (unpaired) electrons. The Morgan fingerprint density at radius 3 is 3.00 bits per heavy atom. The second-order valence-corrected chi connectivity index (χ2v) is 7.05. The Balaban J connectivity index is 1.62. The molecule has 2 atom stereocenters. The first-order valence-corrected chi connectivity index (χ1v) is 7.85. The van der Waals surface area contributed by atoms with Crippen LogP contribution in [0, 0.1) is 0 Å². The SMILES string of the molecule is O[C@@H]1CC2(CCN(C3CC3)C2)Oc2ccc(Br)cc21. The number of likely N-dealkylation sites (tertiary alicyclic amines) is 1. The lowest BCUT2D eigenvalue weighted by Crippen LogP contribution is -2.44. The average molecular weight is 324 g/mol. The summed E-state index contributed by atoms with van der Waals surface area (Å²) in [5, 5.41) is 10.4. The fraction of sp³-hybridized carbons (Fsp3) is 0.600. The van der Waals surface area contributed by atoms with E-state index < -0.39 is 6.10 Å². The molecule has 1 unspecified atom stereocenters. The monoisotopic (exact) mass is 323 g/mol. The number of rotatable bonds is 1. The molecule has 1 spiro atoms. The molecule has 1 aliphatic carbocycles. The number of fused-ring (bicyclic) bond motifs is 1. The summed E-state index contributed by atoms with van der Waals surface area (Å²) < 4.78 is 7.29. The molecule has 19 heavy (non-hydrogen) atoms. The van der Waals surface area contributed by atoms with Crippen LogP contribution in [0.5, 0.6) is 5.75 Å². The van der Waals surface area contributed by atoms with E-state index in [4.69, 9.17) is 4.74 Å². The maximum atomic E-state index is 10.4. The third kappa shape index (κ3) is 2.10. The summed E-state index contributed by atoms with van der Waals surface area (Å²) in [6, 6.07) is 6.72. The average Bonchev–Trinajstić information content (AvgIpc) is 3.15. The Hall–Kier alpha value is -0.580. The minimum Gasteiger partial charge on any atom is -0.485 e. The summed E-state index contributed by atoms with van der Waals surface area (Å²) >= 11 is 3.45. The number of aliphatic hydroxyl groups is 1. The minimum absolute atomic E-state index is 0.164. The Labute approximate surface area is 121 Å². The predicted molar refractivity (Wildman–Crippen MR) is 76.3 cm³/mol. The van der Waals surface area contributed by atoms with Gasteiger partial charge in [0.05, 0.1) is 6.10 Å². The van der Waals surface area contributed by atoms with E-state index >= 15 is 0 Å². The molecule has 1 N–H and O–H groups in total. The fourth-order valence-electron chi connectivity index (χ4n) is 3.49. The van der Waals surface area contributed by atoms with Crippen LogP contribution in [0.15, 0.2) is 22.7 Å². The third-order valence-corrected chi connectivity index (χ3v) is 5.13. The van der Waals surface area contributed by atoms with Gasteiger partial charge in [-0.15, -0.1) is 0 Å². The number of halogens is 1. The molecule has 2 heterocycles. The number of hydrogen-bond donors (Lipinski definition) is 1. The molecule has 0 aromatic heterocycles. The number of benzene rings is 1. The minimum atomic E-state index is -0.402. The maximum absolute atomic E-state index is 10.4. The van der Waals surface area contributed by atoms with Crippen molar-refractivity contribution >= 4 is 15.9 Å². The van der Waals surface area contributed by atoms with Gasteiger partial charge in [0, 0.05) is 42.0 Å². The standard InChI is InChI=1S/C15H18BrNO2/c16-10-1-4-14-12(7-10)13(18)8-15(19-14)5-6-17(9-15)11-2-3-11/h1,4,7,11,13,18H,2-3,5-6,8-9H2/t13-,15?/m1/s1. The van der Waals surface area contributed by atoms with Gasteiger partial charge in [0.25, 0.3) is 0 Å². The summed E-state index contributed by atoms with van der Waals surface area (Å²) in [4.78, 5) is 2.54. The van der Waals surface area contributed by atoms with E-state index in [1.165, 1.54) is 12.8 Å². The second kappa shape index (κ2) is 4.21. The van der Waals surface area contributed by atoms with Gasteiger partial charge in [0.2, 0.25) is 0 Å². The lowest BCUT2D eigenvalue weighted by Gasteiger charge is -2.38. The molecule has 0 bridgehead atoms. The normalized spacial score (nSPS) is 34.3. The summed E-state index contributed by atoms with van der Waals surface area (Å²) in [5.41, 5.74) is 0.757. The molecule has 3 nitrogen and oxygen atoms in total. The van der Waals surface area contributed by atoms with Crippen LogP contribution in [0.4, 0.5) is 0 Å². The molecule has 3 aliphatic rings. The largest absolute Gasteiger partial charge is 0.485 e. The summed E-state index contributed by atoms with van der Waals surface area (Å²) in [6.07, 6.45) is 4.03. The van der Waals surface area contributed by atoms with Gasteiger partial charge < -0.3 is 9.84 Å². The van der Waals surface area contributed by atoms with E-state index in [9.17, 15) is 5.11 Å². The number of nitrogens with zero attached hydrogens (tertiary/aromatic N) is 1. The number of ether oxygens (including phenoxy) is 1. The molecule has 4 rings (SSSR count). The van der Waals surface area contributed by atoms with Crippen molar-refractivity contribution in [1.82, 2.24) is 4.90 Å². The first-order valence-electron chi connectivity index (χ1n) is 7.06. The Kier molecular flexibility index (Phi) is 2.70. The number of hydrogen-bond acceptors (Lipinski definition) is 3. The van der Waals surface area contributed by atoms with Crippen LogP contribution in [0.2, 0.25) is 0 Å². The smallest absolute Gasteiger partial charge is 0.126 e. The molecule has 1 saturated heterocycles. The van der Waals surface area contributed by atoms with Crippen LogP contribution in [0.3, 0.4) is 0 Å². The number of aliphatic hydroxyl groups excluding tert-OH is 1. The first-order chi connectivity index (χ1) is 9.15. The van der Waals surface area contributed by atoms with Gasteiger partial charge in [-0.25, -0.2) is 0 Å². The van der Waals surface area contributed by atoms with Crippen molar-refractivity contribution in [2.75, 3.05) is 13.1 Å². The fourth-order valence-corrected chi connectivity index (χ4v) is 3.87. The van der Waals surface area contributed by atoms with E-state index in [1.54, 1.807) is 0 Å². The van der Waals surface area contributed by atoms with Crippen molar-refractivity contribution < 1.29 is 9.84 Å².